The molecule has 84 valence electrons. The SMILES string of the molecule is C=C1CCN(C(=O)OC(C)(C)C)CC1=O. The average Bonchev–Trinajstić information content (AvgIpc) is 2.06. The number of hydrogen-bond donors (Lipinski definition) is 0. The highest BCUT2D eigenvalue weighted by Crippen LogP contribution is 2.15. The molecule has 4 heteroatoms. The fourth-order valence-corrected chi connectivity index (χ4v) is 1.26. The molecule has 1 heterocycles. The van der Waals surface area contributed by atoms with Crippen LogP contribution in [0.1, 0.15) is 27.2 Å². The summed E-state index contributed by atoms with van der Waals surface area (Å²) in [7, 11) is 0. The van der Waals surface area contributed by atoms with Crippen LogP contribution in [0.3, 0.4) is 0 Å². The van der Waals surface area contributed by atoms with Crippen LogP contribution in [0.5, 0.6) is 0 Å². The fraction of sp³-hybridized carbons (Fsp3) is 0.636. The Morgan fingerprint density at radius 2 is 2.07 bits per heavy atom. The largest absolute Gasteiger partial charge is 0.444 e. The Kier molecular flexibility index (Phi) is 3.17. The molecule has 1 aliphatic heterocycles. The molecule has 0 saturated carbocycles. The van der Waals surface area contributed by atoms with Crippen molar-refractivity contribution in [2.45, 2.75) is 32.8 Å². The first-order valence-corrected chi connectivity index (χ1v) is 4.98. The smallest absolute Gasteiger partial charge is 0.410 e. The van der Waals surface area contributed by atoms with E-state index >= 15 is 0 Å². The summed E-state index contributed by atoms with van der Waals surface area (Å²) in [5.74, 6) is -0.0768. The molecule has 1 aliphatic rings. The van der Waals surface area contributed by atoms with E-state index in [4.69, 9.17) is 4.74 Å². The third kappa shape index (κ3) is 3.38. The maximum absolute atomic E-state index is 11.6. The normalized spacial score (nSPS) is 17.9. The van der Waals surface area contributed by atoms with E-state index in [0.717, 1.165) is 0 Å². The lowest BCUT2D eigenvalue weighted by molar-refractivity contribution is -0.118. The molecule has 0 aromatic heterocycles. The van der Waals surface area contributed by atoms with E-state index in [-0.39, 0.29) is 12.3 Å². The number of rotatable bonds is 0. The van der Waals surface area contributed by atoms with Gasteiger partial charge in [-0.2, -0.15) is 0 Å². The number of carbonyl (C=O) groups excluding carboxylic acids is 2. The Morgan fingerprint density at radius 1 is 1.47 bits per heavy atom. The molecule has 0 atom stereocenters. The minimum atomic E-state index is -0.519. The van der Waals surface area contributed by atoms with E-state index in [2.05, 4.69) is 6.58 Å². The van der Waals surface area contributed by atoms with Crippen LogP contribution in [-0.2, 0) is 9.53 Å². The van der Waals surface area contributed by atoms with Gasteiger partial charge < -0.3 is 9.64 Å². The van der Waals surface area contributed by atoms with Gasteiger partial charge in [-0.15, -0.1) is 0 Å². The molecule has 15 heavy (non-hydrogen) atoms. The number of nitrogens with zero attached hydrogens (tertiary/aromatic N) is 1. The van der Waals surface area contributed by atoms with Gasteiger partial charge in [-0.05, 0) is 32.8 Å². The highest BCUT2D eigenvalue weighted by molar-refractivity contribution is 5.98. The van der Waals surface area contributed by atoms with Crippen molar-refractivity contribution in [1.82, 2.24) is 4.90 Å². The van der Waals surface area contributed by atoms with Crippen molar-refractivity contribution in [3.63, 3.8) is 0 Å². The molecule has 0 aromatic carbocycles. The molecule has 0 spiro atoms. The molecular weight excluding hydrogens is 194 g/mol. The number of piperidine rings is 1. The number of ketones is 1. The maximum Gasteiger partial charge on any atom is 0.410 e. The van der Waals surface area contributed by atoms with Crippen LogP contribution in [-0.4, -0.2) is 35.5 Å². The monoisotopic (exact) mass is 211 g/mol. The summed E-state index contributed by atoms with van der Waals surface area (Å²) in [5, 5.41) is 0. The Hall–Kier alpha value is -1.32. The fourth-order valence-electron chi connectivity index (χ4n) is 1.26. The van der Waals surface area contributed by atoms with Crippen LogP contribution >= 0.6 is 0 Å². The molecule has 0 bridgehead atoms. The van der Waals surface area contributed by atoms with Crippen molar-refractivity contribution in [2.24, 2.45) is 0 Å². The molecule has 4 nitrogen and oxygen atoms in total. The van der Waals surface area contributed by atoms with Gasteiger partial charge in [-0.25, -0.2) is 4.79 Å². The van der Waals surface area contributed by atoms with Crippen LogP contribution < -0.4 is 0 Å². The zero-order chi connectivity index (χ0) is 11.6. The summed E-state index contributed by atoms with van der Waals surface area (Å²) in [6, 6.07) is 0. The van der Waals surface area contributed by atoms with Crippen molar-refractivity contribution in [3.05, 3.63) is 12.2 Å². The van der Waals surface area contributed by atoms with Crippen LogP contribution in [0.25, 0.3) is 0 Å². The Balaban J connectivity index is 2.55. The first kappa shape index (κ1) is 11.8. The van der Waals surface area contributed by atoms with E-state index in [9.17, 15) is 9.59 Å². The third-order valence-corrected chi connectivity index (χ3v) is 2.06. The predicted octanol–water partition coefficient (Wildman–Crippen LogP) is 1.75. The van der Waals surface area contributed by atoms with Crippen molar-refractivity contribution < 1.29 is 14.3 Å². The first-order chi connectivity index (χ1) is 6.79. The van der Waals surface area contributed by atoms with E-state index < -0.39 is 11.7 Å². The van der Waals surface area contributed by atoms with Crippen LogP contribution in [0.4, 0.5) is 4.79 Å². The van der Waals surface area contributed by atoms with Gasteiger partial charge in [-0.1, -0.05) is 6.58 Å². The molecule has 1 fully saturated rings. The summed E-state index contributed by atoms with van der Waals surface area (Å²) >= 11 is 0. The summed E-state index contributed by atoms with van der Waals surface area (Å²) < 4.78 is 5.17. The second-order valence-electron chi connectivity index (χ2n) is 4.68. The van der Waals surface area contributed by atoms with Crippen LogP contribution in [0, 0.1) is 0 Å². The number of ether oxygens (including phenoxy) is 1. The van der Waals surface area contributed by atoms with Crippen molar-refractivity contribution in [1.29, 1.82) is 0 Å². The number of amides is 1. The maximum atomic E-state index is 11.6. The Morgan fingerprint density at radius 3 is 2.53 bits per heavy atom. The molecule has 0 aliphatic carbocycles. The quantitative estimate of drug-likeness (QED) is 0.573. The highest BCUT2D eigenvalue weighted by atomic mass is 16.6. The van der Waals surface area contributed by atoms with Gasteiger partial charge in [0, 0.05) is 6.54 Å². The van der Waals surface area contributed by atoms with Gasteiger partial charge in [0.2, 0.25) is 0 Å². The minimum absolute atomic E-state index is 0.0768. The molecule has 1 saturated heterocycles. The zero-order valence-corrected chi connectivity index (χ0v) is 9.50. The van der Waals surface area contributed by atoms with Gasteiger partial charge >= 0.3 is 6.09 Å². The van der Waals surface area contributed by atoms with E-state index in [1.165, 1.54) is 4.90 Å². The summed E-state index contributed by atoms with van der Waals surface area (Å²) in [6.07, 6.45) is 0.112. The number of carbonyl (C=O) groups is 2. The Labute approximate surface area is 89.9 Å². The van der Waals surface area contributed by atoms with Crippen molar-refractivity contribution >= 4 is 11.9 Å². The molecular formula is C11H17NO3. The van der Waals surface area contributed by atoms with E-state index in [1.54, 1.807) is 20.8 Å². The number of likely N-dealkylation sites (tertiary alicyclic amines) is 1. The van der Waals surface area contributed by atoms with Crippen LogP contribution in [0.15, 0.2) is 12.2 Å². The minimum Gasteiger partial charge on any atom is -0.444 e. The summed E-state index contributed by atoms with van der Waals surface area (Å²) in [6.45, 7) is 9.64. The summed E-state index contributed by atoms with van der Waals surface area (Å²) in [4.78, 5) is 24.3. The molecule has 0 unspecified atom stereocenters. The molecule has 0 N–H and O–H groups in total. The molecule has 0 aromatic rings. The van der Waals surface area contributed by atoms with E-state index in [1.807, 2.05) is 0 Å². The standard InChI is InChI=1S/C11H17NO3/c1-8-5-6-12(7-9(8)13)10(14)15-11(2,3)4/h1,5-7H2,2-4H3. The molecule has 1 amide bonds. The summed E-state index contributed by atoms with van der Waals surface area (Å²) in [5.41, 5.74) is 0.0732. The van der Waals surface area contributed by atoms with Crippen molar-refractivity contribution in [3.8, 4) is 0 Å². The lowest BCUT2D eigenvalue weighted by Gasteiger charge is -2.29. The van der Waals surface area contributed by atoms with Gasteiger partial charge in [0.05, 0.1) is 6.54 Å². The van der Waals surface area contributed by atoms with Gasteiger partial charge in [0.1, 0.15) is 5.60 Å². The zero-order valence-electron chi connectivity index (χ0n) is 9.50. The van der Waals surface area contributed by atoms with Gasteiger partial charge in [0.15, 0.2) is 5.78 Å². The first-order valence-electron chi connectivity index (χ1n) is 4.98. The lowest BCUT2D eigenvalue weighted by atomic mass is 10.1. The predicted molar refractivity (Wildman–Crippen MR) is 56.6 cm³/mol. The van der Waals surface area contributed by atoms with Crippen LogP contribution in [0.2, 0.25) is 0 Å². The second kappa shape index (κ2) is 4.04. The number of Topliss-reactive ketones (excluding diaryl/α,β-unsaturated/α-hetero) is 1. The average molecular weight is 211 g/mol. The topological polar surface area (TPSA) is 46.6 Å². The van der Waals surface area contributed by atoms with E-state index in [0.29, 0.717) is 18.5 Å². The van der Waals surface area contributed by atoms with Crippen molar-refractivity contribution in [2.75, 3.05) is 13.1 Å². The molecule has 1 rings (SSSR count). The van der Waals surface area contributed by atoms with Gasteiger partial charge in [0.25, 0.3) is 0 Å². The third-order valence-electron chi connectivity index (χ3n) is 2.06. The number of hydrogen-bond acceptors (Lipinski definition) is 3. The van der Waals surface area contributed by atoms with Gasteiger partial charge in [-0.3, -0.25) is 4.79 Å². The Bertz CT molecular complexity index is 301. The second-order valence-corrected chi connectivity index (χ2v) is 4.68. The highest BCUT2D eigenvalue weighted by Gasteiger charge is 2.27. The molecule has 0 radical (unpaired) electrons. The lowest BCUT2D eigenvalue weighted by Crippen LogP contribution is -2.43.